The first kappa shape index (κ1) is 19.7. The van der Waals surface area contributed by atoms with Gasteiger partial charge < -0.3 is 10.1 Å². The number of thioether (sulfide) groups is 1. The second-order valence-corrected chi connectivity index (χ2v) is 6.59. The van der Waals surface area contributed by atoms with Gasteiger partial charge in [0.05, 0.1) is 18.2 Å². The number of benzene rings is 1. The Morgan fingerprint density at radius 1 is 1.31 bits per heavy atom. The zero-order valence-corrected chi connectivity index (χ0v) is 15.4. The van der Waals surface area contributed by atoms with Gasteiger partial charge in [-0.2, -0.15) is 11.8 Å². The van der Waals surface area contributed by atoms with E-state index in [2.05, 4.69) is 11.9 Å². The molecule has 0 bridgehead atoms. The van der Waals surface area contributed by atoms with Gasteiger partial charge in [0, 0.05) is 12.1 Å². The zero-order valence-electron chi connectivity index (χ0n) is 14.6. The minimum atomic E-state index is -0.775. The van der Waals surface area contributed by atoms with Gasteiger partial charge in [0.15, 0.2) is 0 Å². The molecule has 0 saturated heterocycles. The molecule has 1 aromatic carbocycles. The average Bonchev–Trinajstić information content (AvgIpc) is 2.89. The summed E-state index contributed by atoms with van der Waals surface area (Å²) in [5.74, 6) is -1.24. The number of methoxy groups -OCH3 is 1. The summed E-state index contributed by atoms with van der Waals surface area (Å²) in [5.41, 5.74) is 0.618. The fraction of sp³-hybridized carbons (Fsp3) is 0.333. The van der Waals surface area contributed by atoms with Gasteiger partial charge >= 0.3 is 5.97 Å². The summed E-state index contributed by atoms with van der Waals surface area (Å²) in [6.45, 7) is 3.63. The molecule has 0 unspecified atom stereocenters. The average molecular weight is 376 g/mol. The van der Waals surface area contributed by atoms with Gasteiger partial charge in [0.1, 0.15) is 6.04 Å². The number of carbonyl (C=O) groups excluding carboxylic acids is 4. The van der Waals surface area contributed by atoms with Gasteiger partial charge in [-0.25, -0.2) is 4.79 Å². The van der Waals surface area contributed by atoms with E-state index >= 15 is 0 Å². The van der Waals surface area contributed by atoms with Crippen molar-refractivity contribution in [1.82, 2.24) is 10.2 Å². The van der Waals surface area contributed by atoms with Crippen molar-refractivity contribution < 1.29 is 23.9 Å². The highest BCUT2D eigenvalue weighted by molar-refractivity contribution is 7.98. The summed E-state index contributed by atoms with van der Waals surface area (Å²) in [5, 5.41) is 2.62. The number of nitrogens with one attached hydrogen (secondary N) is 1. The molecule has 1 aliphatic heterocycles. The molecular weight excluding hydrogens is 356 g/mol. The fourth-order valence-electron chi connectivity index (χ4n) is 2.60. The Labute approximate surface area is 155 Å². The minimum Gasteiger partial charge on any atom is -0.467 e. The van der Waals surface area contributed by atoms with E-state index in [1.807, 2.05) is 6.26 Å². The maximum atomic E-state index is 12.5. The second-order valence-electron chi connectivity index (χ2n) is 5.60. The summed E-state index contributed by atoms with van der Waals surface area (Å²) in [4.78, 5) is 49.9. The predicted octanol–water partition coefficient (Wildman–Crippen LogP) is 1.49. The van der Waals surface area contributed by atoms with Crippen LogP contribution in [0.2, 0.25) is 0 Å². The summed E-state index contributed by atoms with van der Waals surface area (Å²) in [7, 11) is 1.26. The maximum Gasteiger partial charge on any atom is 0.328 e. The molecule has 0 spiro atoms. The Balaban J connectivity index is 2.21. The maximum absolute atomic E-state index is 12.5. The lowest BCUT2D eigenvalue weighted by molar-refractivity contribution is -0.142. The molecule has 1 N–H and O–H groups in total. The van der Waals surface area contributed by atoms with Crippen LogP contribution in [0.15, 0.2) is 30.9 Å². The Bertz CT molecular complexity index is 762. The number of imide groups is 1. The van der Waals surface area contributed by atoms with Crippen LogP contribution in [0.3, 0.4) is 0 Å². The molecule has 7 nitrogen and oxygen atoms in total. The van der Waals surface area contributed by atoms with Crippen LogP contribution in [-0.2, 0) is 9.53 Å². The van der Waals surface area contributed by atoms with Crippen molar-refractivity contribution in [3.63, 3.8) is 0 Å². The number of rotatable bonds is 8. The molecule has 26 heavy (non-hydrogen) atoms. The number of ether oxygens (including phenoxy) is 1. The van der Waals surface area contributed by atoms with Crippen LogP contribution in [0.25, 0.3) is 0 Å². The van der Waals surface area contributed by atoms with E-state index in [0.717, 1.165) is 4.90 Å². The van der Waals surface area contributed by atoms with Gasteiger partial charge in [0.25, 0.3) is 17.7 Å². The van der Waals surface area contributed by atoms with Crippen LogP contribution in [-0.4, -0.2) is 60.3 Å². The smallest absolute Gasteiger partial charge is 0.328 e. The van der Waals surface area contributed by atoms with E-state index in [1.165, 1.54) is 31.4 Å². The third kappa shape index (κ3) is 3.96. The number of carbonyl (C=O) groups is 4. The lowest BCUT2D eigenvalue weighted by Crippen LogP contribution is -2.42. The molecular formula is C18H20N2O5S. The number of hydrogen-bond donors (Lipinski definition) is 1. The molecule has 0 radical (unpaired) electrons. The van der Waals surface area contributed by atoms with Gasteiger partial charge in [-0.15, -0.1) is 6.58 Å². The van der Waals surface area contributed by atoms with E-state index in [-0.39, 0.29) is 23.2 Å². The van der Waals surface area contributed by atoms with Gasteiger partial charge in [-0.05, 0) is 36.6 Å². The van der Waals surface area contributed by atoms with Crippen molar-refractivity contribution in [1.29, 1.82) is 0 Å². The molecule has 138 valence electrons. The van der Waals surface area contributed by atoms with Crippen LogP contribution >= 0.6 is 11.8 Å². The number of nitrogens with zero attached hydrogens (tertiary/aromatic N) is 1. The molecule has 1 aliphatic rings. The van der Waals surface area contributed by atoms with Crippen molar-refractivity contribution in [2.75, 3.05) is 25.7 Å². The van der Waals surface area contributed by atoms with E-state index in [1.54, 1.807) is 11.8 Å². The highest BCUT2D eigenvalue weighted by Crippen LogP contribution is 2.24. The van der Waals surface area contributed by atoms with Gasteiger partial charge in [0.2, 0.25) is 0 Å². The van der Waals surface area contributed by atoms with Crippen molar-refractivity contribution in [3.05, 3.63) is 47.5 Å². The largest absolute Gasteiger partial charge is 0.467 e. The molecule has 3 amide bonds. The monoisotopic (exact) mass is 376 g/mol. The lowest BCUT2D eigenvalue weighted by Gasteiger charge is -2.16. The summed E-state index contributed by atoms with van der Waals surface area (Å²) in [6, 6.07) is 3.50. The number of amides is 3. The Morgan fingerprint density at radius 2 is 2.00 bits per heavy atom. The fourth-order valence-corrected chi connectivity index (χ4v) is 3.07. The van der Waals surface area contributed by atoms with Crippen LogP contribution in [0.5, 0.6) is 0 Å². The van der Waals surface area contributed by atoms with Crippen molar-refractivity contribution in [2.24, 2.45) is 0 Å². The normalized spacial score (nSPS) is 14.0. The van der Waals surface area contributed by atoms with Gasteiger partial charge in [-0.1, -0.05) is 6.08 Å². The molecule has 0 aliphatic carbocycles. The van der Waals surface area contributed by atoms with E-state index in [4.69, 9.17) is 4.74 Å². The van der Waals surface area contributed by atoms with Crippen molar-refractivity contribution >= 4 is 35.5 Å². The molecule has 0 aromatic heterocycles. The molecule has 1 atom stereocenters. The molecule has 2 rings (SSSR count). The topological polar surface area (TPSA) is 92.8 Å². The Morgan fingerprint density at radius 3 is 2.62 bits per heavy atom. The second kappa shape index (κ2) is 8.66. The highest BCUT2D eigenvalue weighted by atomic mass is 32.2. The standard InChI is InChI=1S/C18H20N2O5S/c1-4-8-20-16(22)12-6-5-11(10-13(12)17(20)23)15(21)19-14(7-9-26-3)18(24)25-2/h4-6,10,14H,1,7-9H2,2-3H3,(H,19,21)/t14-/m0/s1. The first-order valence-electron chi connectivity index (χ1n) is 7.93. The van der Waals surface area contributed by atoms with Crippen molar-refractivity contribution in [3.8, 4) is 0 Å². The molecule has 1 aromatic rings. The van der Waals surface area contributed by atoms with E-state index in [0.29, 0.717) is 12.2 Å². The third-order valence-corrected chi connectivity index (χ3v) is 4.59. The van der Waals surface area contributed by atoms with E-state index in [9.17, 15) is 19.2 Å². The zero-order chi connectivity index (χ0) is 19.3. The van der Waals surface area contributed by atoms with Crippen molar-refractivity contribution in [2.45, 2.75) is 12.5 Å². The first-order valence-corrected chi connectivity index (χ1v) is 9.32. The summed E-state index contributed by atoms with van der Waals surface area (Å²) in [6.07, 6.45) is 3.78. The van der Waals surface area contributed by atoms with E-state index < -0.39 is 29.7 Å². The summed E-state index contributed by atoms with van der Waals surface area (Å²) < 4.78 is 4.71. The lowest BCUT2D eigenvalue weighted by atomic mass is 10.0. The predicted molar refractivity (Wildman–Crippen MR) is 98.3 cm³/mol. The Hall–Kier alpha value is -2.61. The third-order valence-electron chi connectivity index (χ3n) is 3.95. The number of fused-ring (bicyclic) bond motifs is 1. The molecule has 0 fully saturated rings. The quantitative estimate of drug-likeness (QED) is 0.420. The summed E-state index contributed by atoms with van der Waals surface area (Å²) >= 11 is 1.55. The molecule has 0 saturated carbocycles. The molecule has 8 heteroatoms. The van der Waals surface area contributed by atoms with Crippen LogP contribution in [0.4, 0.5) is 0 Å². The number of esters is 1. The van der Waals surface area contributed by atoms with Gasteiger partial charge in [-0.3, -0.25) is 19.3 Å². The molecule has 1 heterocycles. The Kier molecular flexibility index (Phi) is 6.57. The number of hydrogen-bond acceptors (Lipinski definition) is 6. The minimum absolute atomic E-state index is 0.104. The SMILES string of the molecule is C=CCN1C(=O)c2ccc(C(=O)N[C@@H](CCSC)C(=O)OC)cc2C1=O. The first-order chi connectivity index (χ1) is 12.4. The van der Waals surface area contributed by atoms with Crippen LogP contribution in [0.1, 0.15) is 37.5 Å². The highest BCUT2D eigenvalue weighted by Gasteiger charge is 2.35. The van der Waals surface area contributed by atoms with Crippen LogP contribution < -0.4 is 5.32 Å². The van der Waals surface area contributed by atoms with Crippen LogP contribution in [0, 0.1) is 0 Å².